The Hall–Kier alpha value is -0.670. The molecule has 0 aliphatic carbocycles. The van der Waals surface area contributed by atoms with Crippen molar-refractivity contribution in [2.45, 2.75) is 32.2 Å². The molecule has 1 aliphatic heterocycles. The van der Waals surface area contributed by atoms with Crippen LogP contribution in [0.3, 0.4) is 0 Å². The van der Waals surface area contributed by atoms with Gasteiger partial charge in [-0.1, -0.05) is 19.4 Å². The van der Waals surface area contributed by atoms with Crippen molar-refractivity contribution in [2.75, 3.05) is 6.54 Å². The summed E-state index contributed by atoms with van der Waals surface area (Å²) in [5, 5.41) is 6.66. The summed E-state index contributed by atoms with van der Waals surface area (Å²) in [5.74, 6) is 0.900. The van der Waals surface area contributed by atoms with Crippen LogP contribution in [0.1, 0.15) is 31.2 Å². The lowest BCUT2D eigenvalue weighted by Gasteiger charge is -2.27. The van der Waals surface area contributed by atoms with Gasteiger partial charge in [0, 0.05) is 17.6 Å². The monoisotopic (exact) mass is 222 g/mol. The number of nitrogens with zero attached hydrogens (tertiary/aromatic N) is 1. The highest BCUT2D eigenvalue weighted by Gasteiger charge is 2.17. The Bertz CT molecular complexity index is 305. The second kappa shape index (κ2) is 5.42. The number of nitrogens with one attached hydrogen (secondary N) is 1. The Kier molecular flexibility index (Phi) is 3.92. The van der Waals surface area contributed by atoms with Gasteiger partial charge in [0.15, 0.2) is 0 Å². The van der Waals surface area contributed by atoms with E-state index in [0.717, 1.165) is 17.5 Å². The van der Waals surface area contributed by atoms with Crippen LogP contribution in [0.25, 0.3) is 6.08 Å². The van der Waals surface area contributed by atoms with Gasteiger partial charge in [-0.3, -0.25) is 0 Å². The van der Waals surface area contributed by atoms with Crippen LogP contribution in [-0.2, 0) is 0 Å². The largest absolute Gasteiger partial charge is 0.310 e. The van der Waals surface area contributed by atoms with Crippen LogP contribution in [0.5, 0.6) is 0 Å². The lowest BCUT2D eigenvalue weighted by molar-refractivity contribution is 0.326. The Morgan fingerprint density at radius 3 is 3.33 bits per heavy atom. The first-order valence-electron chi connectivity index (χ1n) is 5.69. The first-order chi connectivity index (χ1) is 7.38. The zero-order valence-electron chi connectivity index (χ0n) is 9.15. The highest BCUT2D eigenvalue weighted by atomic mass is 32.1. The third-order valence-corrected chi connectivity index (χ3v) is 3.79. The Morgan fingerprint density at radius 2 is 2.60 bits per heavy atom. The molecule has 2 heterocycles. The summed E-state index contributed by atoms with van der Waals surface area (Å²) in [6, 6.07) is 0.549. The van der Waals surface area contributed by atoms with Crippen molar-refractivity contribution in [3.8, 4) is 0 Å². The lowest BCUT2D eigenvalue weighted by Crippen LogP contribution is -2.36. The van der Waals surface area contributed by atoms with Gasteiger partial charge in [0.2, 0.25) is 0 Å². The summed E-state index contributed by atoms with van der Waals surface area (Å²) in [4.78, 5) is 4.24. The molecule has 0 spiro atoms. The third-order valence-electron chi connectivity index (χ3n) is 3.05. The molecule has 1 fully saturated rings. The maximum atomic E-state index is 4.24. The fraction of sp³-hybridized carbons (Fsp3) is 0.583. The van der Waals surface area contributed by atoms with E-state index in [0.29, 0.717) is 6.04 Å². The predicted molar refractivity (Wildman–Crippen MR) is 66.0 cm³/mol. The van der Waals surface area contributed by atoms with Crippen molar-refractivity contribution in [1.29, 1.82) is 0 Å². The van der Waals surface area contributed by atoms with Crippen molar-refractivity contribution in [1.82, 2.24) is 10.3 Å². The Labute approximate surface area is 95.4 Å². The first kappa shape index (κ1) is 10.8. The van der Waals surface area contributed by atoms with Gasteiger partial charge in [-0.25, -0.2) is 4.98 Å². The third kappa shape index (κ3) is 3.14. The quantitative estimate of drug-likeness (QED) is 0.850. The van der Waals surface area contributed by atoms with E-state index < -0.39 is 0 Å². The van der Waals surface area contributed by atoms with Crippen LogP contribution in [0.2, 0.25) is 0 Å². The molecule has 0 radical (unpaired) electrons. The molecule has 0 bridgehead atoms. The van der Waals surface area contributed by atoms with Gasteiger partial charge in [-0.2, -0.15) is 0 Å². The highest BCUT2D eigenvalue weighted by molar-refractivity contribution is 7.10. The summed E-state index contributed by atoms with van der Waals surface area (Å²) in [6.07, 6.45) is 10.2. The average Bonchev–Trinajstić information content (AvgIpc) is 2.79. The maximum absolute atomic E-state index is 4.24. The molecule has 2 atom stereocenters. The van der Waals surface area contributed by atoms with E-state index in [1.807, 2.05) is 11.6 Å². The predicted octanol–water partition coefficient (Wildman–Crippen LogP) is 2.93. The summed E-state index contributed by atoms with van der Waals surface area (Å²) < 4.78 is 0. The number of thiazole rings is 1. The van der Waals surface area contributed by atoms with Crippen LogP contribution < -0.4 is 5.32 Å². The minimum absolute atomic E-state index is 0.549. The van der Waals surface area contributed by atoms with Crippen molar-refractivity contribution in [3.05, 3.63) is 22.7 Å². The summed E-state index contributed by atoms with van der Waals surface area (Å²) >= 11 is 1.69. The molecule has 1 aromatic rings. The molecule has 1 N–H and O–H groups in total. The second-order valence-corrected chi connectivity index (χ2v) is 5.01. The molecule has 1 aromatic heterocycles. The van der Waals surface area contributed by atoms with Crippen molar-refractivity contribution < 1.29 is 0 Å². The minimum atomic E-state index is 0.549. The van der Waals surface area contributed by atoms with E-state index in [4.69, 9.17) is 0 Å². The summed E-state index contributed by atoms with van der Waals surface area (Å²) in [7, 11) is 0. The molecule has 1 saturated heterocycles. The molecule has 82 valence electrons. The Morgan fingerprint density at radius 1 is 1.67 bits per heavy atom. The fourth-order valence-corrected chi connectivity index (χ4v) is 2.61. The van der Waals surface area contributed by atoms with Gasteiger partial charge in [-0.05, 0) is 31.4 Å². The molecule has 2 unspecified atom stereocenters. The number of hydrogen-bond acceptors (Lipinski definition) is 3. The molecular weight excluding hydrogens is 204 g/mol. The van der Waals surface area contributed by atoms with E-state index >= 15 is 0 Å². The van der Waals surface area contributed by atoms with E-state index in [1.165, 1.54) is 19.3 Å². The lowest BCUT2D eigenvalue weighted by atomic mass is 9.90. The molecule has 0 saturated carbocycles. The maximum Gasteiger partial charge on any atom is 0.115 e. The zero-order valence-corrected chi connectivity index (χ0v) is 9.96. The van der Waals surface area contributed by atoms with Gasteiger partial charge >= 0.3 is 0 Å². The van der Waals surface area contributed by atoms with Crippen LogP contribution in [-0.4, -0.2) is 17.6 Å². The SMILES string of the molecule is CCC1CCNC(/C=C/c2nccs2)C1. The van der Waals surface area contributed by atoms with Crippen LogP contribution in [0.4, 0.5) is 0 Å². The number of hydrogen-bond donors (Lipinski definition) is 1. The van der Waals surface area contributed by atoms with E-state index in [-0.39, 0.29) is 0 Å². The molecule has 15 heavy (non-hydrogen) atoms. The molecule has 2 nitrogen and oxygen atoms in total. The molecule has 0 amide bonds. The molecule has 0 aromatic carbocycles. The Balaban J connectivity index is 1.88. The molecule has 3 heteroatoms. The van der Waals surface area contributed by atoms with E-state index in [9.17, 15) is 0 Å². The summed E-state index contributed by atoms with van der Waals surface area (Å²) in [5.41, 5.74) is 0. The second-order valence-electron chi connectivity index (χ2n) is 4.09. The fourth-order valence-electron chi connectivity index (χ4n) is 2.07. The van der Waals surface area contributed by atoms with E-state index in [2.05, 4.69) is 29.4 Å². The molecule has 1 aliphatic rings. The smallest absolute Gasteiger partial charge is 0.115 e. The van der Waals surface area contributed by atoms with Gasteiger partial charge < -0.3 is 5.32 Å². The highest BCUT2D eigenvalue weighted by Crippen LogP contribution is 2.20. The normalized spacial score (nSPS) is 27.3. The van der Waals surface area contributed by atoms with Crippen LogP contribution >= 0.6 is 11.3 Å². The average molecular weight is 222 g/mol. The van der Waals surface area contributed by atoms with Gasteiger partial charge in [0.05, 0.1) is 0 Å². The minimum Gasteiger partial charge on any atom is -0.310 e. The van der Waals surface area contributed by atoms with E-state index in [1.54, 1.807) is 11.3 Å². The topological polar surface area (TPSA) is 24.9 Å². The van der Waals surface area contributed by atoms with Crippen molar-refractivity contribution >= 4 is 17.4 Å². The van der Waals surface area contributed by atoms with Gasteiger partial charge in [0.25, 0.3) is 0 Å². The first-order valence-corrected chi connectivity index (χ1v) is 6.57. The standard InChI is InChI=1S/C12H18N2S/c1-2-10-5-6-13-11(9-10)3-4-12-14-7-8-15-12/h3-4,7-8,10-11,13H,2,5-6,9H2,1H3/b4-3+. The molecular formula is C12H18N2S. The van der Waals surface area contributed by atoms with Crippen molar-refractivity contribution in [2.24, 2.45) is 5.92 Å². The molecule has 2 rings (SSSR count). The van der Waals surface area contributed by atoms with Gasteiger partial charge in [-0.15, -0.1) is 11.3 Å². The van der Waals surface area contributed by atoms with Crippen LogP contribution in [0, 0.1) is 5.92 Å². The van der Waals surface area contributed by atoms with Crippen LogP contribution in [0.15, 0.2) is 17.7 Å². The number of aromatic nitrogens is 1. The number of piperidine rings is 1. The summed E-state index contributed by atoms with van der Waals surface area (Å²) in [6.45, 7) is 3.45. The number of rotatable bonds is 3. The van der Waals surface area contributed by atoms with Gasteiger partial charge in [0.1, 0.15) is 5.01 Å². The zero-order chi connectivity index (χ0) is 10.5. The van der Waals surface area contributed by atoms with Crippen molar-refractivity contribution in [3.63, 3.8) is 0 Å².